The highest BCUT2D eigenvalue weighted by atomic mass is 79.9. The number of carbonyl (C=O) groups excluding carboxylic acids is 1. The van der Waals surface area contributed by atoms with Crippen molar-refractivity contribution in [2.24, 2.45) is 0 Å². The summed E-state index contributed by atoms with van der Waals surface area (Å²) < 4.78 is 0.540. The van der Waals surface area contributed by atoms with Crippen molar-refractivity contribution in [3.63, 3.8) is 0 Å². The van der Waals surface area contributed by atoms with Crippen LogP contribution in [-0.4, -0.2) is 17.0 Å². The van der Waals surface area contributed by atoms with Crippen molar-refractivity contribution in [2.45, 2.75) is 13.3 Å². The van der Waals surface area contributed by atoms with Gasteiger partial charge in [-0.1, -0.05) is 6.92 Å². The Labute approximate surface area is 128 Å². The number of thiophene rings is 1. The molecule has 1 aromatic heterocycles. The first-order valence-electron chi connectivity index (χ1n) is 5.94. The first kappa shape index (κ1) is 14.7. The second-order valence-corrected chi connectivity index (χ2v) is 6.10. The van der Waals surface area contributed by atoms with Crippen molar-refractivity contribution in [3.05, 3.63) is 50.1 Å². The van der Waals surface area contributed by atoms with Crippen LogP contribution in [0.2, 0.25) is 0 Å². The van der Waals surface area contributed by atoms with E-state index in [4.69, 9.17) is 5.11 Å². The maximum Gasteiger partial charge on any atom is 0.335 e. The van der Waals surface area contributed by atoms with E-state index in [1.807, 2.05) is 13.0 Å². The number of hydrogen-bond acceptors (Lipinski definition) is 3. The summed E-state index contributed by atoms with van der Waals surface area (Å²) in [5.41, 5.74) is 0.714. The molecule has 0 aliphatic heterocycles. The molecule has 104 valence electrons. The zero-order valence-electron chi connectivity index (χ0n) is 10.6. The van der Waals surface area contributed by atoms with Crippen LogP contribution < -0.4 is 5.32 Å². The van der Waals surface area contributed by atoms with Gasteiger partial charge in [0.2, 0.25) is 0 Å². The highest BCUT2D eigenvalue weighted by Crippen LogP contribution is 2.25. The molecule has 2 rings (SSSR count). The number of amides is 1. The third-order valence-electron chi connectivity index (χ3n) is 2.70. The molecule has 6 heteroatoms. The van der Waals surface area contributed by atoms with Gasteiger partial charge >= 0.3 is 5.97 Å². The van der Waals surface area contributed by atoms with Gasteiger partial charge in [0.1, 0.15) is 0 Å². The molecule has 0 saturated carbocycles. The Morgan fingerprint density at radius 2 is 2.05 bits per heavy atom. The average Bonchev–Trinajstić information content (AvgIpc) is 2.89. The molecule has 0 saturated heterocycles. The molecule has 0 atom stereocenters. The fraction of sp³-hybridized carbons (Fsp3) is 0.143. The third-order valence-corrected chi connectivity index (χ3v) is 4.58. The van der Waals surface area contributed by atoms with Gasteiger partial charge < -0.3 is 10.4 Å². The molecule has 0 aliphatic rings. The predicted octanol–water partition coefficient (Wildman–Crippen LogP) is 4.02. The van der Waals surface area contributed by atoms with Crippen LogP contribution in [-0.2, 0) is 6.42 Å². The molecule has 0 radical (unpaired) electrons. The Balaban J connectivity index is 2.17. The molecule has 20 heavy (non-hydrogen) atoms. The van der Waals surface area contributed by atoms with Crippen molar-refractivity contribution in [3.8, 4) is 0 Å². The van der Waals surface area contributed by atoms with Crippen LogP contribution in [0, 0.1) is 0 Å². The van der Waals surface area contributed by atoms with Crippen molar-refractivity contribution in [1.82, 2.24) is 0 Å². The maximum atomic E-state index is 12.1. The lowest BCUT2D eigenvalue weighted by Gasteiger charge is -2.07. The zero-order chi connectivity index (χ0) is 14.7. The molecular formula is C14H12BrNO3S. The summed E-state index contributed by atoms with van der Waals surface area (Å²) >= 11 is 4.71. The number of aryl methyl sites for hydroxylation is 1. The number of rotatable bonds is 4. The largest absolute Gasteiger partial charge is 0.478 e. The minimum Gasteiger partial charge on any atom is -0.478 e. The zero-order valence-corrected chi connectivity index (χ0v) is 13.0. The molecule has 0 spiro atoms. The number of halogens is 1. The first-order valence-corrected chi connectivity index (χ1v) is 7.55. The molecule has 1 heterocycles. The van der Waals surface area contributed by atoms with Gasteiger partial charge in [-0.3, -0.25) is 4.79 Å². The lowest BCUT2D eigenvalue weighted by molar-refractivity contribution is 0.0696. The number of carboxylic acid groups (broad SMARTS) is 1. The van der Waals surface area contributed by atoms with Crippen molar-refractivity contribution in [2.75, 3.05) is 5.32 Å². The second kappa shape index (κ2) is 6.19. The van der Waals surface area contributed by atoms with Gasteiger partial charge in [0.05, 0.1) is 16.1 Å². The van der Waals surface area contributed by atoms with Crippen LogP contribution in [0.15, 0.2) is 34.8 Å². The van der Waals surface area contributed by atoms with E-state index in [0.717, 1.165) is 11.3 Å². The Morgan fingerprint density at radius 1 is 1.30 bits per heavy atom. The Bertz CT molecular complexity index is 666. The van der Waals surface area contributed by atoms with E-state index >= 15 is 0 Å². The quantitative estimate of drug-likeness (QED) is 0.871. The highest BCUT2D eigenvalue weighted by molar-refractivity contribution is 9.10. The summed E-state index contributed by atoms with van der Waals surface area (Å²) in [6.45, 7) is 2.04. The van der Waals surface area contributed by atoms with Gasteiger partial charge in [-0.05, 0) is 52.7 Å². The molecule has 2 N–H and O–H groups in total. The van der Waals surface area contributed by atoms with Crippen LogP contribution in [0.3, 0.4) is 0 Å². The van der Waals surface area contributed by atoms with E-state index in [-0.39, 0.29) is 11.5 Å². The molecule has 0 unspecified atom stereocenters. The van der Waals surface area contributed by atoms with E-state index in [2.05, 4.69) is 21.2 Å². The van der Waals surface area contributed by atoms with E-state index < -0.39 is 5.97 Å². The van der Waals surface area contributed by atoms with Gasteiger partial charge in [0.25, 0.3) is 5.91 Å². The minimum absolute atomic E-state index is 0.166. The van der Waals surface area contributed by atoms with Crippen LogP contribution >= 0.6 is 27.3 Å². The number of anilines is 1. The maximum absolute atomic E-state index is 12.1. The number of hydrogen-bond donors (Lipinski definition) is 2. The van der Waals surface area contributed by atoms with Crippen molar-refractivity contribution >= 4 is 44.8 Å². The van der Waals surface area contributed by atoms with Gasteiger partial charge in [0.15, 0.2) is 0 Å². The van der Waals surface area contributed by atoms with Gasteiger partial charge in [-0.25, -0.2) is 4.79 Å². The van der Waals surface area contributed by atoms with E-state index in [0.29, 0.717) is 15.0 Å². The highest BCUT2D eigenvalue weighted by Gasteiger charge is 2.12. The number of aromatic carboxylic acids is 1. The van der Waals surface area contributed by atoms with Crippen LogP contribution in [0.25, 0.3) is 0 Å². The number of carbonyl (C=O) groups is 2. The molecule has 0 bridgehead atoms. The van der Waals surface area contributed by atoms with Crippen LogP contribution in [0.1, 0.15) is 31.8 Å². The monoisotopic (exact) mass is 353 g/mol. The normalized spacial score (nSPS) is 10.3. The Morgan fingerprint density at radius 3 is 2.60 bits per heavy atom. The van der Waals surface area contributed by atoms with E-state index in [1.54, 1.807) is 12.1 Å². The second-order valence-electron chi connectivity index (χ2n) is 4.07. The molecule has 1 amide bonds. The average molecular weight is 354 g/mol. The van der Waals surface area contributed by atoms with Gasteiger partial charge in [-0.15, -0.1) is 11.3 Å². The third kappa shape index (κ3) is 3.26. The van der Waals surface area contributed by atoms with Crippen molar-refractivity contribution < 1.29 is 14.7 Å². The number of carboxylic acids is 1. The topological polar surface area (TPSA) is 66.4 Å². The number of nitrogens with one attached hydrogen (secondary N) is 1. The standard InChI is InChI=1S/C14H12BrNO3S/c1-2-9-4-6-12(20-9)13(17)16-11-5-3-8(14(18)19)7-10(11)15/h3-7H,2H2,1H3,(H,16,17)(H,18,19). The summed E-state index contributed by atoms with van der Waals surface area (Å²) in [6.07, 6.45) is 0.898. The lowest BCUT2D eigenvalue weighted by atomic mass is 10.2. The van der Waals surface area contributed by atoms with Crippen LogP contribution in [0.4, 0.5) is 5.69 Å². The van der Waals surface area contributed by atoms with E-state index in [9.17, 15) is 9.59 Å². The van der Waals surface area contributed by atoms with Gasteiger partial charge in [-0.2, -0.15) is 0 Å². The van der Waals surface area contributed by atoms with Crippen molar-refractivity contribution in [1.29, 1.82) is 0 Å². The summed E-state index contributed by atoms with van der Waals surface area (Å²) in [5, 5.41) is 11.6. The Hall–Kier alpha value is -1.66. The molecule has 2 aromatic rings. The SMILES string of the molecule is CCc1ccc(C(=O)Nc2ccc(C(=O)O)cc2Br)s1. The molecule has 0 fully saturated rings. The summed E-state index contributed by atoms with van der Waals surface area (Å²) in [6, 6.07) is 8.21. The Kier molecular flexibility index (Phi) is 4.57. The fourth-order valence-electron chi connectivity index (χ4n) is 1.62. The number of benzene rings is 1. The smallest absolute Gasteiger partial charge is 0.335 e. The van der Waals surface area contributed by atoms with E-state index in [1.165, 1.54) is 23.5 Å². The molecule has 1 aromatic carbocycles. The lowest BCUT2D eigenvalue weighted by Crippen LogP contribution is -2.11. The summed E-state index contributed by atoms with van der Waals surface area (Å²) in [7, 11) is 0. The summed E-state index contributed by atoms with van der Waals surface area (Å²) in [5.74, 6) is -1.20. The van der Waals surface area contributed by atoms with Gasteiger partial charge in [0, 0.05) is 9.35 Å². The molecule has 0 aliphatic carbocycles. The molecular weight excluding hydrogens is 342 g/mol. The van der Waals surface area contributed by atoms with Crippen LogP contribution in [0.5, 0.6) is 0 Å². The summed E-state index contributed by atoms with van der Waals surface area (Å²) in [4.78, 5) is 24.7. The minimum atomic E-state index is -1.01. The fourth-order valence-corrected chi connectivity index (χ4v) is 2.94. The molecule has 4 nitrogen and oxygen atoms in total. The first-order chi connectivity index (χ1) is 9.51. The predicted molar refractivity (Wildman–Crippen MR) is 82.8 cm³/mol.